The van der Waals surface area contributed by atoms with Crippen molar-refractivity contribution in [2.75, 3.05) is 5.32 Å². The molecule has 1 aromatic heterocycles. The molecule has 0 saturated carbocycles. The lowest BCUT2D eigenvalue weighted by molar-refractivity contribution is -0.384. The number of amides is 1. The van der Waals surface area contributed by atoms with Crippen LogP contribution in [-0.2, 0) is 11.3 Å². The Morgan fingerprint density at radius 2 is 2.04 bits per heavy atom. The number of nitrogens with one attached hydrogen (secondary N) is 1. The molecule has 0 spiro atoms. The van der Waals surface area contributed by atoms with Gasteiger partial charge in [-0.1, -0.05) is 12.1 Å². The monoisotopic (exact) mass is 390 g/mol. The molecule has 0 fully saturated rings. The number of nitro groups is 1. The lowest BCUT2D eigenvalue weighted by atomic mass is 10.2. The molecule has 0 atom stereocenters. The molecule has 9 nitrogen and oxygen atoms in total. The molecule has 144 valence electrons. The Balaban J connectivity index is 1.82. The highest BCUT2D eigenvalue weighted by Gasteiger charge is 2.14. The van der Waals surface area contributed by atoms with Crippen LogP contribution in [-0.4, -0.2) is 27.0 Å². The highest BCUT2D eigenvalue weighted by Crippen LogP contribution is 2.25. The predicted molar refractivity (Wildman–Crippen MR) is 94.4 cm³/mol. The summed E-state index contributed by atoms with van der Waals surface area (Å²) in [6.45, 7) is -3.50. The molecule has 1 amide bonds. The van der Waals surface area contributed by atoms with Crippen molar-refractivity contribution in [2.45, 2.75) is 13.2 Å². The first-order chi connectivity index (χ1) is 13.3. The summed E-state index contributed by atoms with van der Waals surface area (Å²) in [5.41, 5.74) is -0.658. The third-order valence-corrected chi connectivity index (χ3v) is 3.71. The smallest absolute Gasteiger partial charge is 0.387 e. The van der Waals surface area contributed by atoms with Gasteiger partial charge in [-0.15, -0.1) is 0 Å². The molecule has 0 bridgehead atoms. The van der Waals surface area contributed by atoms with Crippen molar-refractivity contribution < 1.29 is 23.2 Å². The Labute approximate surface area is 155 Å². The van der Waals surface area contributed by atoms with E-state index >= 15 is 0 Å². The molecule has 3 aromatic rings. The van der Waals surface area contributed by atoms with Crippen LogP contribution in [0.15, 0.2) is 53.6 Å². The molecule has 0 radical (unpaired) electrons. The minimum Gasteiger partial charge on any atom is -0.433 e. The van der Waals surface area contributed by atoms with E-state index in [9.17, 15) is 28.5 Å². The van der Waals surface area contributed by atoms with Gasteiger partial charge in [0.2, 0.25) is 5.91 Å². The number of halogens is 2. The fourth-order valence-electron chi connectivity index (χ4n) is 2.49. The fourth-order valence-corrected chi connectivity index (χ4v) is 2.49. The predicted octanol–water partition coefficient (Wildman–Crippen LogP) is 2.54. The van der Waals surface area contributed by atoms with Crippen molar-refractivity contribution in [3.05, 3.63) is 69.3 Å². The summed E-state index contributed by atoms with van der Waals surface area (Å²) in [5, 5.41) is 13.3. The molecule has 0 unspecified atom stereocenters. The minimum absolute atomic E-state index is 0.0187. The quantitative estimate of drug-likeness (QED) is 0.511. The number of fused-ring (bicyclic) bond motifs is 1. The molecule has 28 heavy (non-hydrogen) atoms. The van der Waals surface area contributed by atoms with E-state index in [1.807, 2.05) is 0 Å². The lowest BCUT2D eigenvalue weighted by Crippen LogP contribution is -2.28. The summed E-state index contributed by atoms with van der Waals surface area (Å²) in [6, 6.07) is 9.18. The second-order valence-electron chi connectivity index (χ2n) is 5.56. The van der Waals surface area contributed by atoms with Crippen LogP contribution in [0.25, 0.3) is 10.9 Å². The maximum atomic E-state index is 12.5. The summed E-state index contributed by atoms with van der Waals surface area (Å²) in [4.78, 5) is 38.8. The molecule has 0 aliphatic heterocycles. The van der Waals surface area contributed by atoms with Gasteiger partial charge in [0.05, 0.1) is 27.8 Å². The second-order valence-corrected chi connectivity index (χ2v) is 5.56. The molecule has 0 aliphatic carbocycles. The zero-order valence-electron chi connectivity index (χ0n) is 14.0. The third kappa shape index (κ3) is 4.09. The molecule has 2 aromatic carbocycles. The van der Waals surface area contributed by atoms with Crippen LogP contribution in [0, 0.1) is 10.1 Å². The zero-order valence-corrected chi connectivity index (χ0v) is 14.0. The number of alkyl halides is 2. The number of para-hydroxylation sites is 2. The topological polar surface area (TPSA) is 116 Å². The van der Waals surface area contributed by atoms with Crippen LogP contribution in [0.4, 0.5) is 20.2 Å². The highest BCUT2D eigenvalue weighted by atomic mass is 19.3. The summed E-state index contributed by atoms with van der Waals surface area (Å²) in [5.74, 6) is -0.891. The first-order valence-corrected chi connectivity index (χ1v) is 7.82. The van der Waals surface area contributed by atoms with Crippen LogP contribution < -0.4 is 15.6 Å². The summed E-state index contributed by atoms with van der Waals surface area (Å²) < 4.78 is 30.2. The van der Waals surface area contributed by atoms with Gasteiger partial charge in [-0.25, -0.2) is 4.98 Å². The number of non-ortho nitro benzene ring substituents is 1. The Bertz CT molecular complexity index is 1120. The summed E-state index contributed by atoms with van der Waals surface area (Å²) in [7, 11) is 0. The first-order valence-electron chi connectivity index (χ1n) is 7.82. The summed E-state index contributed by atoms with van der Waals surface area (Å²) >= 11 is 0. The lowest BCUT2D eigenvalue weighted by Gasteiger charge is -2.12. The normalized spacial score (nSPS) is 10.8. The molecular weight excluding hydrogens is 378 g/mol. The Morgan fingerprint density at radius 1 is 1.29 bits per heavy atom. The third-order valence-electron chi connectivity index (χ3n) is 3.71. The van der Waals surface area contributed by atoms with Gasteiger partial charge in [0, 0.05) is 12.1 Å². The molecule has 11 heteroatoms. The van der Waals surface area contributed by atoms with Gasteiger partial charge >= 0.3 is 6.61 Å². The van der Waals surface area contributed by atoms with E-state index in [1.165, 1.54) is 30.3 Å². The van der Waals surface area contributed by atoms with E-state index in [0.29, 0.717) is 0 Å². The van der Waals surface area contributed by atoms with Crippen LogP contribution >= 0.6 is 0 Å². The number of carbonyl (C=O) groups is 1. The Kier molecular flexibility index (Phi) is 5.25. The molecule has 3 rings (SSSR count). The molecule has 0 saturated heterocycles. The van der Waals surface area contributed by atoms with Crippen molar-refractivity contribution in [1.29, 1.82) is 0 Å². The first kappa shape index (κ1) is 18.9. The standard InChI is InChI=1S/C17H12F2N4O5/c18-17(19)28-14-4-2-1-3-12(14)21-15(24)8-22-9-20-13-7-10(23(26)27)5-6-11(13)16(22)25/h1-7,9,17H,8H2,(H,21,24). The number of nitro benzene ring substituents is 1. The number of hydrogen-bond acceptors (Lipinski definition) is 6. The van der Waals surface area contributed by atoms with Crippen molar-refractivity contribution in [2.24, 2.45) is 0 Å². The number of ether oxygens (including phenoxy) is 1. The average Bonchev–Trinajstić information content (AvgIpc) is 2.65. The maximum absolute atomic E-state index is 12.5. The van der Waals surface area contributed by atoms with Gasteiger partial charge in [0.15, 0.2) is 0 Å². The SMILES string of the molecule is O=C(Cn1cnc2cc([N+](=O)[O-])ccc2c1=O)Nc1ccccc1OC(F)F. The molecule has 0 aliphatic rings. The number of rotatable bonds is 6. The van der Waals surface area contributed by atoms with E-state index in [4.69, 9.17) is 0 Å². The number of benzene rings is 2. The van der Waals surface area contributed by atoms with E-state index < -0.39 is 29.5 Å². The van der Waals surface area contributed by atoms with E-state index in [2.05, 4.69) is 15.0 Å². The second kappa shape index (κ2) is 7.78. The van der Waals surface area contributed by atoms with Crippen molar-refractivity contribution in [1.82, 2.24) is 9.55 Å². The van der Waals surface area contributed by atoms with Gasteiger partial charge in [-0.3, -0.25) is 24.3 Å². The minimum atomic E-state index is -3.06. The maximum Gasteiger partial charge on any atom is 0.387 e. The van der Waals surface area contributed by atoms with Gasteiger partial charge < -0.3 is 10.1 Å². The van der Waals surface area contributed by atoms with Crippen LogP contribution in [0.1, 0.15) is 0 Å². The Hall–Kier alpha value is -3.89. The van der Waals surface area contributed by atoms with Gasteiger partial charge in [0.25, 0.3) is 11.2 Å². The number of nitrogens with zero attached hydrogens (tertiary/aromatic N) is 3. The number of hydrogen-bond donors (Lipinski definition) is 1. The van der Waals surface area contributed by atoms with Crippen LogP contribution in [0.3, 0.4) is 0 Å². The van der Waals surface area contributed by atoms with Crippen LogP contribution in [0.2, 0.25) is 0 Å². The van der Waals surface area contributed by atoms with E-state index in [-0.39, 0.29) is 28.0 Å². The van der Waals surface area contributed by atoms with Gasteiger partial charge in [-0.2, -0.15) is 8.78 Å². The zero-order chi connectivity index (χ0) is 20.3. The Morgan fingerprint density at radius 3 is 2.75 bits per heavy atom. The highest BCUT2D eigenvalue weighted by molar-refractivity contribution is 5.92. The average molecular weight is 390 g/mol. The van der Waals surface area contributed by atoms with Crippen molar-refractivity contribution in [3.8, 4) is 5.75 Å². The van der Waals surface area contributed by atoms with Crippen molar-refractivity contribution in [3.63, 3.8) is 0 Å². The number of anilines is 1. The number of aromatic nitrogens is 2. The molecule has 1 N–H and O–H groups in total. The summed E-state index contributed by atoms with van der Waals surface area (Å²) in [6.07, 6.45) is 1.08. The van der Waals surface area contributed by atoms with Crippen molar-refractivity contribution >= 4 is 28.2 Å². The van der Waals surface area contributed by atoms with Gasteiger partial charge in [0.1, 0.15) is 12.3 Å². The number of carbonyl (C=O) groups excluding carboxylic acids is 1. The van der Waals surface area contributed by atoms with E-state index in [0.717, 1.165) is 23.0 Å². The fraction of sp³-hybridized carbons (Fsp3) is 0.118. The molecule has 1 heterocycles. The van der Waals surface area contributed by atoms with E-state index in [1.54, 1.807) is 0 Å². The largest absolute Gasteiger partial charge is 0.433 e. The van der Waals surface area contributed by atoms with Crippen LogP contribution in [0.5, 0.6) is 5.75 Å². The molecular formula is C17H12F2N4O5. The van der Waals surface area contributed by atoms with Gasteiger partial charge in [-0.05, 0) is 18.2 Å².